The molecule has 112 valence electrons. The van der Waals surface area contributed by atoms with Crippen LogP contribution in [0.2, 0.25) is 5.02 Å². The molecule has 0 spiro atoms. The van der Waals surface area contributed by atoms with Crippen LogP contribution in [-0.2, 0) is 5.41 Å². The summed E-state index contributed by atoms with van der Waals surface area (Å²) in [5.74, 6) is -0.378. The van der Waals surface area contributed by atoms with Gasteiger partial charge in [-0.25, -0.2) is 4.39 Å². The monoisotopic (exact) mass is 305 g/mol. The second-order valence-electron chi connectivity index (χ2n) is 6.03. The first kappa shape index (κ1) is 16.0. The number of halogens is 2. The minimum absolute atomic E-state index is 0.0271. The van der Waals surface area contributed by atoms with Crippen LogP contribution in [-0.4, -0.2) is 6.54 Å². The van der Waals surface area contributed by atoms with Crippen LogP contribution in [0.25, 0.3) is 0 Å². The van der Waals surface area contributed by atoms with Crippen LogP contribution >= 0.6 is 11.6 Å². The smallest absolute Gasteiger partial charge is 0.141 e. The Morgan fingerprint density at radius 1 is 1.14 bits per heavy atom. The summed E-state index contributed by atoms with van der Waals surface area (Å²) in [7, 11) is 0. The van der Waals surface area contributed by atoms with Gasteiger partial charge in [0.15, 0.2) is 0 Å². The van der Waals surface area contributed by atoms with Crippen molar-refractivity contribution in [1.29, 1.82) is 0 Å². The molecule has 0 aliphatic rings. The highest BCUT2D eigenvalue weighted by Gasteiger charge is 2.21. The largest absolute Gasteiger partial charge is 0.309 e. The Bertz CT molecular complexity index is 595. The van der Waals surface area contributed by atoms with E-state index < -0.39 is 0 Å². The fraction of sp³-hybridized carbons (Fsp3) is 0.333. The van der Waals surface area contributed by atoms with E-state index in [-0.39, 0.29) is 22.3 Å². The van der Waals surface area contributed by atoms with Crippen molar-refractivity contribution in [2.75, 3.05) is 6.54 Å². The second-order valence-corrected chi connectivity index (χ2v) is 6.43. The molecule has 0 aliphatic carbocycles. The highest BCUT2D eigenvalue weighted by Crippen LogP contribution is 2.24. The zero-order chi connectivity index (χ0) is 15.5. The molecule has 0 heterocycles. The Morgan fingerprint density at radius 2 is 1.81 bits per heavy atom. The third-order valence-electron chi connectivity index (χ3n) is 3.85. The first-order chi connectivity index (χ1) is 9.90. The molecule has 0 radical (unpaired) electrons. The van der Waals surface area contributed by atoms with Crippen LogP contribution in [0.1, 0.15) is 37.9 Å². The lowest BCUT2D eigenvalue weighted by molar-refractivity contribution is 0.435. The van der Waals surface area contributed by atoms with Crippen molar-refractivity contribution in [2.45, 2.75) is 32.2 Å². The quantitative estimate of drug-likeness (QED) is 0.809. The standard InChI is InChI=1S/C18H21ClFN/c1-13(14-9-10-17(20)16(19)11-14)21-12-18(2,3)15-7-5-4-6-8-15/h4-11,13,21H,12H2,1-3H3. The van der Waals surface area contributed by atoms with Crippen molar-refractivity contribution in [3.8, 4) is 0 Å². The maximum Gasteiger partial charge on any atom is 0.141 e. The molecule has 0 aromatic heterocycles. The molecule has 1 unspecified atom stereocenters. The summed E-state index contributed by atoms with van der Waals surface area (Å²) in [6.45, 7) is 7.30. The van der Waals surface area contributed by atoms with Crippen LogP contribution in [0.3, 0.4) is 0 Å². The van der Waals surface area contributed by atoms with E-state index in [0.717, 1.165) is 12.1 Å². The molecule has 0 amide bonds. The molecule has 2 aromatic rings. The summed E-state index contributed by atoms with van der Waals surface area (Å²) in [5.41, 5.74) is 2.31. The van der Waals surface area contributed by atoms with Gasteiger partial charge in [0.1, 0.15) is 5.82 Å². The summed E-state index contributed by atoms with van der Waals surface area (Å²) in [6.07, 6.45) is 0. The molecule has 2 aromatic carbocycles. The topological polar surface area (TPSA) is 12.0 Å². The van der Waals surface area contributed by atoms with Gasteiger partial charge in [-0.3, -0.25) is 0 Å². The fourth-order valence-corrected chi connectivity index (χ4v) is 2.49. The van der Waals surface area contributed by atoms with Crippen molar-refractivity contribution < 1.29 is 4.39 Å². The molecule has 2 rings (SSSR count). The Morgan fingerprint density at radius 3 is 2.43 bits per heavy atom. The van der Waals surface area contributed by atoms with E-state index in [4.69, 9.17) is 11.6 Å². The first-order valence-corrected chi connectivity index (χ1v) is 7.52. The van der Waals surface area contributed by atoms with E-state index in [1.165, 1.54) is 11.6 Å². The Hall–Kier alpha value is -1.38. The number of benzene rings is 2. The predicted molar refractivity (Wildman–Crippen MR) is 87.3 cm³/mol. The van der Waals surface area contributed by atoms with Gasteiger partial charge < -0.3 is 5.32 Å². The molecule has 3 heteroatoms. The minimum Gasteiger partial charge on any atom is -0.309 e. The Kier molecular flexibility index (Phi) is 5.02. The van der Waals surface area contributed by atoms with Gasteiger partial charge in [-0.05, 0) is 30.2 Å². The van der Waals surface area contributed by atoms with Crippen molar-refractivity contribution in [3.05, 3.63) is 70.5 Å². The zero-order valence-corrected chi connectivity index (χ0v) is 13.4. The molecule has 1 N–H and O–H groups in total. The number of rotatable bonds is 5. The molecular weight excluding hydrogens is 285 g/mol. The summed E-state index contributed by atoms with van der Waals surface area (Å²) in [6, 6.07) is 15.4. The van der Waals surface area contributed by atoms with E-state index in [2.05, 4.69) is 50.4 Å². The molecule has 0 saturated carbocycles. The average molecular weight is 306 g/mol. The molecule has 0 aliphatic heterocycles. The molecule has 21 heavy (non-hydrogen) atoms. The van der Waals surface area contributed by atoms with Crippen molar-refractivity contribution in [2.24, 2.45) is 0 Å². The summed E-state index contributed by atoms with van der Waals surface area (Å²) in [5, 5.41) is 3.67. The lowest BCUT2D eigenvalue weighted by Crippen LogP contribution is -2.34. The van der Waals surface area contributed by atoms with E-state index in [9.17, 15) is 4.39 Å². The van der Waals surface area contributed by atoms with Crippen molar-refractivity contribution in [3.63, 3.8) is 0 Å². The first-order valence-electron chi connectivity index (χ1n) is 7.14. The summed E-state index contributed by atoms with van der Waals surface area (Å²) in [4.78, 5) is 0. The molecule has 1 atom stereocenters. The summed E-state index contributed by atoms with van der Waals surface area (Å²) >= 11 is 5.84. The molecule has 0 saturated heterocycles. The van der Waals surface area contributed by atoms with Crippen LogP contribution in [0.5, 0.6) is 0 Å². The van der Waals surface area contributed by atoms with Crippen LogP contribution < -0.4 is 5.32 Å². The van der Waals surface area contributed by atoms with E-state index in [1.807, 2.05) is 6.07 Å². The highest BCUT2D eigenvalue weighted by atomic mass is 35.5. The van der Waals surface area contributed by atoms with Crippen LogP contribution in [0, 0.1) is 5.82 Å². The summed E-state index contributed by atoms with van der Waals surface area (Å²) < 4.78 is 13.2. The molecule has 0 bridgehead atoms. The SMILES string of the molecule is CC(NCC(C)(C)c1ccccc1)c1ccc(F)c(Cl)c1. The molecular formula is C18H21ClFN. The van der Waals surface area contributed by atoms with E-state index >= 15 is 0 Å². The van der Waals surface area contributed by atoms with Crippen LogP contribution in [0.15, 0.2) is 48.5 Å². The third kappa shape index (κ3) is 4.05. The van der Waals surface area contributed by atoms with Gasteiger partial charge in [-0.15, -0.1) is 0 Å². The van der Waals surface area contributed by atoms with E-state index in [1.54, 1.807) is 12.1 Å². The van der Waals surface area contributed by atoms with Crippen molar-refractivity contribution in [1.82, 2.24) is 5.32 Å². The molecule has 0 fully saturated rings. The lowest BCUT2D eigenvalue weighted by atomic mass is 9.84. The van der Waals surface area contributed by atoms with Crippen LogP contribution in [0.4, 0.5) is 4.39 Å². The van der Waals surface area contributed by atoms with Gasteiger partial charge in [0, 0.05) is 18.0 Å². The van der Waals surface area contributed by atoms with Gasteiger partial charge in [-0.1, -0.05) is 61.8 Å². The van der Waals surface area contributed by atoms with Gasteiger partial charge in [-0.2, -0.15) is 0 Å². The second kappa shape index (κ2) is 6.59. The average Bonchev–Trinajstić information content (AvgIpc) is 2.48. The van der Waals surface area contributed by atoms with Gasteiger partial charge in [0.05, 0.1) is 5.02 Å². The normalized spacial score (nSPS) is 13.2. The number of hydrogen-bond acceptors (Lipinski definition) is 1. The number of hydrogen-bond donors (Lipinski definition) is 1. The number of nitrogens with one attached hydrogen (secondary N) is 1. The fourth-order valence-electron chi connectivity index (χ4n) is 2.30. The van der Waals surface area contributed by atoms with Gasteiger partial charge in [0.25, 0.3) is 0 Å². The highest BCUT2D eigenvalue weighted by molar-refractivity contribution is 6.30. The van der Waals surface area contributed by atoms with E-state index in [0.29, 0.717) is 0 Å². The van der Waals surface area contributed by atoms with Gasteiger partial charge in [0.2, 0.25) is 0 Å². The Balaban J connectivity index is 2.03. The Labute approximate surface area is 131 Å². The van der Waals surface area contributed by atoms with Gasteiger partial charge >= 0.3 is 0 Å². The minimum atomic E-state index is -0.378. The maximum atomic E-state index is 13.2. The lowest BCUT2D eigenvalue weighted by Gasteiger charge is -2.28. The zero-order valence-electron chi connectivity index (χ0n) is 12.7. The van der Waals surface area contributed by atoms with Crippen molar-refractivity contribution >= 4 is 11.6 Å². The third-order valence-corrected chi connectivity index (χ3v) is 4.14. The predicted octanol–water partition coefficient (Wildman–Crippen LogP) is 5.11. The molecule has 1 nitrogen and oxygen atoms in total. The maximum absolute atomic E-state index is 13.2.